The molecule has 0 aromatic heterocycles. The first-order valence-corrected chi connectivity index (χ1v) is 7.25. The van der Waals surface area contributed by atoms with Crippen LogP contribution >= 0.6 is 0 Å². The average molecular weight is 263 g/mol. The van der Waals surface area contributed by atoms with Gasteiger partial charge in [-0.25, -0.2) is 0 Å². The number of aliphatic hydroxyl groups is 1. The lowest BCUT2D eigenvalue weighted by molar-refractivity contribution is 0.227. The van der Waals surface area contributed by atoms with Crippen molar-refractivity contribution in [3.05, 3.63) is 29.3 Å². The molecule has 2 atom stereocenters. The summed E-state index contributed by atoms with van der Waals surface area (Å²) >= 11 is 0. The van der Waals surface area contributed by atoms with Gasteiger partial charge in [-0.1, -0.05) is 13.0 Å². The first kappa shape index (κ1) is 14.4. The highest BCUT2D eigenvalue weighted by Crippen LogP contribution is 2.33. The molecular formula is C16H25NO2. The van der Waals surface area contributed by atoms with Gasteiger partial charge in [-0.05, 0) is 61.4 Å². The summed E-state index contributed by atoms with van der Waals surface area (Å²) in [5, 5.41) is 12.6. The number of rotatable bonds is 7. The second-order valence-electron chi connectivity index (χ2n) is 5.54. The molecule has 0 amide bonds. The van der Waals surface area contributed by atoms with E-state index in [0.29, 0.717) is 18.6 Å². The third-order valence-electron chi connectivity index (χ3n) is 4.01. The van der Waals surface area contributed by atoms with Crippen molar-refractivity contribution in [1.82, 2.24) is 5.32 Å². The zero-order valence-corrected chi connectivity index (χ0v) is 12.0. The summed E-state index contributed by atoms with van der Waals surface area (Å²) in [5.74, 6) is 1.36. The molecule has 0 saturated heterocycles. The van der Waals surface area contributed by atoms with Gasteiger partial charge in [0, 0.05) is 12.6 Å². The molecule has 0 radical (unpaired) electrons. The molecule has 1 aromatic rings. The van der Waals surface area contributed by atoms with Crippen LogP contribution in [0.25, 0.3) is 0 Å². The molecule has 3 heteroatoms. The minimum atomic E-state index is 0.295. The predicted molar refractivity (Wildman–Crippen MR) is 77.5 cm³/mol. The zero-order chi connectivity index (χ0) is 13.7. The molecule has 0 spiro atoms. The van der Waals surface area contributed by atoms with Crippen molar-refractivity contribution in [2.24, 2.45) is 5.92 Å². The topological polar surface area (TPSA) is 41.5 Å². The number of hydrogen-bond acceptors (Lipinski definition) is 3. The molecule has 19 heavy (non-hydrogen) atoms. The summed E-state index contributed by atoms with van der Waals surface area (Å²) in [6.45, 7) is 3.41. The number of ether oxygens (including phenoxy) is 1. The second kappa shape index (κ2) is 6.92. The minimum absolute atomic E-state index is 0.295. The number of nitrogens with one attached hydrogen (secondary N) is 1. The summed E-state index contributed by atoms with van der Waals surface area (Å²) in [7, 11) is 1.72. The number of aliphatic hydroxyl groups excluding tert-OH is 1. The Morgan fingerprint density at radius 3 is 3.05 bits per heavy atom. The van der Waals surface area contributed by atoms with Gasteiger partial charge in [0.25, 0.3) is 0 Å². The van der Waals surface area contributed by atoms with Crippen LogP contribution in [0.15, 0.2) is 18.2 Å². The van der Waals surface area contributed by atoms with Gasteiger partial charge in [-0.3, -0.25) is 0 Å². The van der Waals surface area contributed by atoms with E-state index >= 15 is 0 Å². The summed E-state index contributed by atoms with van der Waals surface area (Å²) in [4.78, 5) is 0. The summed E-state index contributed by atoms with van der Waals surface area (Å²) in [6.07, 6.45) is 4.54. The van der Waals surface area contributed by atoms with Crippen molar-refractivity contribution >= 4 is 0 Å². The number of methoxy groups -OCH3 is 1. The van der Waals surface area contributed by atoms with Crippen molar-refractivity contribution in [3.63, 3.8) is 0 Å². The van der Waals surface area contributed by atoms with Gasteiger partial charge in [0.1, 0.15) is 5.75 Å². The number of aryl methyl sites for hydroxylation is 1. The Bertz CT molecular complexity index is 406. The van der Waals surface area contributed by atoms with Crippen LogP contribution in [0.3, 0.4) is 0 Å². The monoisotopic (exact) mass is 263 g/mol. The van der Waals surface area contributed by atoms with E-state index in [4.69, 9.17) is 9.84 Å². The van der Waals surface area contributed by atoms with Gasteiger partial charge in [-0.15, -0.1) is 0 Å². The Labute approximate surface area is 116 Å². The Kier molecular flexibility index (Phi) is 5.23. The van der Waals surface area contributed by atoms with Gasteiger partial charge in [0.15, 0.2) is 0 Å². The lowest BCUT2D eigenvalue weighted by Gasteiger charge is -2.15. The Morgan fingerprint density at radius 1 is 1.47 bits per heavy atom. The molecule has 1 aliphatic rings. The fraction of sp³-hybridized carbons (Fsp3) is 0.625. The van der Waals surface area contributed by atoms with Gasteiger partial charge in [-0.2, -0.15) is 0 Å². The molecule has 2 N–H and O–H groups in total. The van der Waals surface area contributed by atoms with Crippen LogP contribution in [0, 0.1) is 5.92 Å². The van der Waals surface area contributed by atoms with Crippen molar-refractivity contribution in [1.29, 1.82) is 0 Å². The van der Waals surface area contributed by atoms with E-state index in [9.17, 15) is 0 Å². The van der Waals surface area contributed by atoms with E-state index in [1.807, 2.05) is 6.07 Å². The van der Waals surface area contributed by atoms with Gasteiger partial charge in [0.05, 0.1) is 7.11 Å². The van der Waals surface area contributed by atoms with Crippen LogP contribution in [0.4, 0.5) is 0 Å². The number of hydrogen-bond donors (Lipinski definition) is 2. The standard InChI is InChI=1S/C16H25NO2/c1-12(11-18)4-3-9-17-16-8-6-13-5-7-14(19-2)10-15(13)16/h5,7,10,12,16-18H,3-4,6,8-9,11H2,1-2H3. The quantitative estimate of drug-likeness (QED) is 0.743. The molecule has 2 rings (SSSR count). The molecule has 0 fully saturated rings. The smallest absolute Gasteiger partial charge is 0.119 e. The third-order valence-corrected chi connectivity index (χ3v) is 4.01. The van der Waals surface area contributed by atoms with Crippen LogP contribution in [0.1, 0.15) is 43.4 Å². The highest BCUT2D eigenvalue weighted by Gasteiger charge is 2.22. The Morgan fingerprint density at radius 2 is 2.32 bits per heavy atom. The molecule has 2 unspecified atom stereocenters. The molecule has 0 saturated carbocycles. The highest BCUT2D eigenvalue weighted by atomic mass is 16.5. The maximum atomic E-state index is 9.00. The summed E-state index contributed by atoms with van der Waals surface area (Å²) in [6, 6.07) is 6.86. The zero-order valence-electron chi connectivity index (χ0n) is 12.0. The van der Waals surface area contributed by atoms with Crippen molar-refractivity contribution in [3.8, 4) is 5.75 Å². The first-order valence-electron chi connectivity index (χ1n) is 7.25. The van der Waals surface area contributed by atoms with E-state index in [1.54, 1.807) is 7.11 Å². The lowest BCUT2D eigenvalue weighted by Crippen LogP contribution is -2.21. The highest BCUT2D eigenvalue weighted by molar-refractivity contribution is 5.40. The minimum Gasteiger partial charge on any atom is -0.497 e. The van der Waals surface area contributed by atoms with E-state index in [2.05, 4.69) is 24.4 Å². The molecule has 0 bridgehead atoms. The SMILES string of the molecule is COc1ccc2c(c1)C(NCCCC(C)CO)CC2. The van der Waals surface area contributed by atoms with Gasteiger partial charge >= 0.3 is 0 Å². The fourth-order valence-electron chi connectivity index (χ4n) is 2.74. The van der Waals surface area contributed by atoms with Gasteiger partial charge in [0.2, 0.25) is 0 Å². The van der Waals surface area contributed by atoms with Crippen LogP contribution in [-0.2, 0) is 6.42 Å². The summed E-state index contributed by atoms with van der Waals surface area (Å²) < 4.78 is 5.30. The number of benzene rings is 1. The fourth-order valence-corrected chi connectivity index (χ4v) is 2.74. The largest absolute Gasteiger partial charge is 0.497 e. The van der Waals surface area contributed by atoms with Crippen LogP contribution in [-0.4, -0.2) is 25.4 Å². The second-order valence-corrected chi connectivity index (χ2v) is 5.54. The molecule has 1 aromatic carbocycles. The average Bonchev–Trinajstić information content (AvgIpc) is 2.85. The Hall–Kier alpha value is -1.06. The molecule has 106 valence electrons. The van der Waals surface area contributed by atoms with E-state index in [-0.39, 0.29) is 0 Å². The Balaban J connectivity index is 1.84. The van der Waals surface area contributed by atoms with E-state index in [0.717, 1.165) is 31.6 Å². The van der Waals surface area contributed by atoms with Crippen molar-refractivity contribution in [2.75, 3.05) is 20.3 Å². The maximum Gasteiger partial charge on any atom is 0.119 e. The van der Waals surface area contributed by atoms with Crippen LogP contribution < -0.4 is 10.1 Å². The molecule has 0 aliphatic heterocycles. The predicted octanol–water partition coefficient (Wildman–Crippen LogP) is 2.68. The van der Waals surface area contributed by atoms with Crippen LogP contribution in [0.5, 0.6) is 5.75 Å². The molecule has 3 nitrogen and oxygen atoms in total. The van der Waals surface area contributed by atoms with Crippen molar-refractivity contribution in [2.45, 2.75) is 38.6 Å². The van der Waals surface area contributed by atoms with Crippen molar-refractivity contribution < 1.29 is 9.84 Å². The lowest BCUT2D eigenvalue weighted by atomic mass is 10.1. The molecule has 1 aliphatic carbocycles. The number of fused-ring (bicyclic) bond motifs is 1. The molecular weight excluding hydrogens is 238 g/mol. The third kappa shape index (κ3) is 3.71. The first-order chi connectivity index (χ1) is 9.24. The van der Waals surface area contributed by atoms with Crippen LogP contribution in [0.2, 0.25) is 0 Å². The van der Waals surface area contributed by atoms with Gasteiger partial charge < -0.3 is 15.2 Å². The summed E-state index contributed by atoms with van der Waals surface area (Å²) in [5.41, 5.74) is 2.84. The molecule has 0 heterocycles. The van der Waals surface area contributed by atoms with E-state index < -0.39 is 0 Å². The normalized spacial score (nSPS) is 19.2. The maximum absolute atomic E-state index is 9.00. The van der Waals surface area contributed by atoms with E-state index in [1.165, 1.54) is 17.5 Å².